The molecule has 0 aliphatic carbocycles. The van der Waals surface area contributed by atoms with E-state index in [9.17, 15) is 31.5 Å². The van der Waals surface area contributed by atoms with Gasteiger partial charge in [-0.1, -0.05) is 15.9 Å². The number of rotatable bonds is 4. The minimum absolute atomic E-state index is 0.0804. The van der Waals surface area contributed by atoms with Crippen LogP contribution in [0, 0.1) is 0 Å². The van der Waals surface area contributed by atoms with Gasteiger partial charge in [0.25, 0.3) is 0 Å². The molecule has 1 unspecified atom stereocenters. The number of ketones is 1. The number of carbonyl (C=O) groups is 2. The van der Waals surface area contributed by atoms with E-state index in [-0.39, 0.29) is 10.2 Å². The fourth-order valence-corrected chi connectivity index (χ4v) is 1.31. The van der Waals surface area contributed by atoms with Gasteiger partial charge in [-0.3, -0.25) is 9.59 Å². The number of halogens is 6. The molecule has 0 radical (unpaired) electrons. The summed E-state index contributed by atoms with van der Waals surface area (Å²) in [5.74, 6) is -8.63. The first-order valence-electron chi connectivity index (χ1n) is 4.27. The molecule has 100 valence electrons. The fraction of sp³-hybridized carbons (Fsp3) is 0.750. The molecule has 0 bridgehead atoms. The van der Waals surface area contributed by atoms with E-state index in [1.54, 1.807) is 0 Å². The molecule has 0 aromatic heterocycles. The molecule has 0 fully saturated rings. The highest BCUT2D eigenvalue weighted by atomic mass is 79.9. The van der Waals surface area contributed by atoms with Crippen molar-refractivity contribution in [2.75, 3.05) is 12.4 Å². The summed E-state index contributed by atoms with van der Waals surface area (Å²) in [4.78, 5) is 22.1. The molecule has 17 heavy (non-hydrogen) atoms. The normalized spacial score (nSPS) is 14.4. The van der Waals surface area contributed by atoms with Crippen molar-refractivity contribution >= 4 is 27.6 Å². The van der Waals surface area contributed by atoms with Crippen LogP contribution in [0.15, 0.2) is 0 Å². The first-order valence-corrected chi connectivity index (χ1v) is 5.39. The molecule has 0 N–H and O–H groups in total. The number of hydrogen-bond acceptors (Lipinski definition) is 2. The van der Waals surface area contributed by atoms with Crippen LogP contribution in [0.1, 0.15) is 6.92 Å². The number of carbonyl (C=O) groups excluding carboxylic acids is 2. The van der Waals surface area contributed by atoms with Crippen molar-refractivity contribution in [3.05, 3.63) is 0 Å². The largest absolute Gasteiger partial charge is 0.463 e. The lowest BCUT2D eigenvalue weighted by atomic mass is 10.2. The van der Waals surface area contributed by atoms with E-state index in [0.29, 0.717) is 7.05 Å². The van der Waals surface area contributed by atoms with Gasteiger partial charge in [-0.05, 0) is 6.92 Å². The van der Waals surface area contributed by atoms with E-state index >= 15 is 0 Å². The second-order valence-corrected chi connectivity index (χ2v) is 3.82. The van der Waals surface area contributed by atoms with E-state index in [1.807, 2.05) is 0 Å². The zero-order valence-corrected chi connectivity index (χ0v) is 10.4. The van der Waals surface area contributed by atoms with Crippen molar-refractivity contribution in [2.45, 2.75) is 25.1 Å². The topological polar surface area (TPSA) is 37.4 Å². The van der Waals surface area contributed by atoms with Crippen LogP contribution >= 0.6 is 15.9 Å². The van der Waals surface area contributed by atoms with Gasteiger partial charge in [-0.25, -0.2) is 0 Å². The average molecular weight is 326 g/mol. The molecule has 0 heterocycles. The van der Waals surface area contributed by atoms with Crippen molar-refractivity contribution in [3.8, 4) is 0 Å². The Kier molecular flexibility index (Phi) is 5.05. The first kappa shape index (κ1) is 16.3. The zero-order valence-electron chi connectivity index (χ0n) is 8.82. The molecule has 0 rings (SSSR count). The molecular formula is C8H9BrF5NO2. The van der Waals surface area contributed by atoms with Gasteiger partial charge in [0, 0.05) is 7.05 Å². The predicted octanol–water partition coefficient (Wildman–Crippen LogP) is 1.99. The standard InChI is InChI=1S/C8H9BrF5NO2/c1-4(5(16)3-9)15(2)6(17)7(10,11)8(12,13)14/h4H,3H2,1-2H3. The molecule has 0 spiro atoms. The molecule has 1 amide bonds. The molecule has 0 aromatic rings. The summed E-state index contributed by atoms with van der Waals surface area (Å²) in [6.07, 6.45) is -5.98. The van der Waals surface area contributed by atoms with Crippen molar-refractivity contribution < 1.29 is 31.5 Å². The summed E-state index contributed by atoms with van der Waals surface area (Å²) in [7, 11) is 0.715. The van der Waals surface area contributed by atoms with Crippen LogP contribution in [0.2, 0.25) is 0 Å². The lowest BCUT2D eigenvalue weighted by molar-refractivity contribution is -0.274. The van der Waals surface area contributed by atoms with E-state index in [4.69, 9.17) is 0 Å². The lowest BCUT2D eigenvalue weighted by Gasteiger charge is -2.28. The second kappa shape index (κ2) is 5.28. The number of alkyl halides is 6. The van der Waals surface area contributed by atoms with Gasteiger partial charge >= 0.3 is 18.0 Å². The molecule has 1 atom stereocenters. The molecule has 0 aliphatic heterocycles. The summed E-state index contributed by atoms with van der Waals surface area (Å²) in [5.41, 5.74) is 0. The van der Waals surface area contributed by atoms with E-state index < -0.39 is 29.8 Å². The quantitative estimate of drug-likeness (QED) is 0.585. The van der Waals surface area contributed by atoms with Crippen LogP contribution in [0.4, 0.5) is 22.0 Å². The zero-order chi connectivity index (χ0) is 14.0. The van der Waals surface area contributed by atoms with Gasteiger partial charge in [-0.15, -0.1) is 0 Å². The maximum atomic E-state index is 12.7. The van der Waals surface area contributed by atoms with Crippen molar-refractivity contribution in [1.29, 1.82) is 0 Å². The highest BCUT2D eigenvalue weighted by Gasteiger charge is 2.64. The number of likely N-dealkylation sites (N-methyl/N-ethyl adjacent to an activating group) is 1. The SMILES string of the molecule is CC(C(=O)CBr)N(C)C(=O)C(F)(F)C(F)(F)F. The Morgan fingerprint density at radius 2 is 1.65 bits per heavy atom. The summed E-state index contributed by atoms with van der Waals surface area (Å²) in [6, 6.07) is -1.37. The maximum absolute atomic E-state index is 12.7. The van der Waals surface area contributed by atoms with Crippen molar-refractivity contribution in [1.82, 2.24) is 4.90 Å². The molecule has 9 heteroatoms. The molecule has 0 saturated carbocycles. The van der Waals surface area contributed by atoms with Crippen LogP contribution in [0.3, 0.4) is 0 Å². The molecule has 3 nitrogen and oxygen atoms in total. The van der Waals surface area contributed by atoms with Crippen molar-refractivity contribution in [2.24, 2.45) is 0 Å². The summed E-state index contributed by atoms with van der Waals surface area (Å²) in [6.45, 7) is 1.06. The van der Waals surface area contributed by atoms with Gasteiger partial charge in [0.15, 0.2) is 5.78 Å². The Morgan fingerprint density at radius 1 is 1.24 bits per heavy atom. The Bertz CT molecular complexity index is 318. The van der Waals surface area contributed by atoms with Gasteiger partial charge in [0.2, 0.25) is 0 Å². The Morgan fingerprint density at radius 3 is 1.94 bits per heavy atom. The van der Waals surface area contributed by atoms with Crippen LogP contribution in [0.5, 0.6) is 0 Å². The van der Waals surface area contributed by atoms with Gasteiger partial charge < -0.3 is 4.90 Å². The number of hydrogen-bond donors (Lipinski definition) is 0. The molecular weight excluding hydrogens is 317 g/mol. The third kappa shape index (κ3) is 3.36. The first-order chi connectivity index (χ1) is 7.46. The average Bonchev–Trinajstić information content (AvgIpc) is 2.23. The number of nitrogens with zero attached hydrogens (tertiary/aromatic N) is 1. The Labute approximate surface area is 102 Å². The Balaban J connectivity index is 5.01. The third-order valence-corrected chi connectivity index (χ3v) is 2.68. The number of amides is 1. The summed E-state index contributed by atoms with van der Waals surface area (Å²) >= 11 is 2.73. The van der Waals surface area contributed by atoms with E-state index in [0.717, 1.165) is 6.92 Å². The molecule has 0 aliphatic rings. The van der Waals surface area contributed by atoms with Crippen LogP contribution in [-0.2, 0) is 9.59 Å². The fourth-order valence-electron chi connectivity index (χ4n) is 0.846. The maximum Gasteiger partial charge on any atom is 0.463 e. The number of Topliss-reactive ketones (excluding diaryl/α,β-unsaturated/α-hetero) is 1. The summed E-state index contributed by atoms with van der Waals surface area (Å²) < 4.78 is 61.0. The van der Waals surface area contributed by atoms with Crippen molar-refractivity contribution in [3.63, 3.8) is 0 Å². The van der Waals surface area contributed by atoms with E-state index in [2.05, 4.69) is 15.9 Å². The van der Waals surface area contributed by atoms with Gasteiger partial charge in [-0.2, -0.15) is 22.0 Å². The van der Waals surface area contributed by atoms with Gasteiger partial charge in [0.1, 0.15) is 0 Å². The highest BCUT2D eigenvalue weighted by molar-refractivity contribution is 9.09. The van der Waals surface area contributed by atoms with Crippen LogP contribution in [0.25, 0.3) is 0 Å². The second-order valence-electron chi connectivity index (χ2n) is 3.26. The van der Waals surface area contributed by atoms with Crippen LogP contribution in [-0.4, -0.2) is 47.1 Å². The Hall–Kier alpha value is -0.730. The minimum atomic E-state index is -5.98. The smallest absolute Gasteiger partial charge is 0.330 e. The molecule has 0 saturated heterocycles. The summed E-state index contributed by atoms with van der Waals surface area (Å²) in [5, 5.41) is -0.247. The van der Waals surface area contributed by atoms with Gasteiger partial charge in [0.05, 0.1) is 11.4 Å². The van der Waals surface area contributed by atoms with Crippen LogP contribution < -0.4 is 0 Å². The predicted molar refractivity (Wildman–Crippen MR) is 52.0 cm³/mol. The molecule has 0 aromatic carbocycles. The minimum Gasteiger partial charge on any atom is -0.330 e. The van der Waals surface area contributed by atoms with E-state index in [1.165, 1.54) is 0 Å². The monoisotopic (exact) mass is 325 g/mol. The third-order valence-electron chi connectivity index (χ3n) is 2.12. The lowest BCUT2D eigenvalue weighted by Crippen LogP contribution is -2.54. The highest BCUT2D eigenvalue weighted by Crippen LogP contribution is 2.36.